The standard InChI is InChI=1S/C38H55N5O4S2/c1-6-7-18-40-23-25-42(26-24-40)30-14-19-41(20-15-30)29-16-21-43(22-17-29)37-34-27-32(48(5)44)10-13-35(34)39-28-36(37)49(45,46)33-11-8-31(9-12-33)47-38(2,3)4/h8-13,27-30H,6-7,14-26H2,1-5H3. The molecule has 3 aliphatic heterocycles. The van der Waals surface area contributed by atoms with E-state index in [1.807, 2.05) is 39.0 Å². The maximum atomic E-state index is 14.3. The molecule has 11 heteroatoms. The van der Waals surface area contributed by atoms with Crippen molar-refractivity contribution in [3.63, 3.8) is 0 Å². The van der Waals surface area contributed by atoms with Crippen LogP contribution in [0.5, 0.6) is 5.75 Å². The molecule has 0 spiro atoms. The molecule has 1 unspecified atom stereocenters. The van der Waals surface area contributed by atoms with Crippen molar-refractivity contribution in [2.75, 3.05) is 70.1 Å². The number of unbranched alkanes of at least 4 members (excludes halogenated alkanes) is 1. The van der Waals surface area contributed by atoms with E-state index >= 15 is 0 Å². The van der Waals surface area contributed by atoms with Crippen molar-refractivity contribution < 1.29 is 17.7 Å². The van der Waals surface area contributed by atoms with Crippen LogP contribution >= 0.6 is 0 Å². The van der Waals surface area contributed by atoms with Gasteiger partial charge in [-0.2, -0.15) is 0 Å². The molecule has 0 saturated carbocycles. The number of piperazine rings is 1. The van der Waals surface area contributed by atoms with Gasteiger partial charge in [0.25, 0.3) is 0 Å². The minimum Gasteiger partial charge on any atom is -0.612 e. The summed E-state index contributed by atoms with van der Waals surface area (Å²) >= 11 is -1.21. The lowest BCUT2D eigenvalue weighted by atomic mass is 9.96. The molecule has 0 aliphatic carbocycles. The van der Waals surface area contributed by atoms with Gasteiger partial charge in [0, 0.05) is 69.0 Å². The first-order chi connectivity index (χ1) is 23.4. The summed E-state index contributed by atoms with van der Waals surface area (Å²) in [6.45, 7) is 18.0. The largest absolute Gasteiger partial charge is 0.612 e. The van der Waals surface area contributed by atoms with Crippen LogP contribution in [0, 0.1) is 0 Å². The second-order valence-electron chi connectivity index (χ2n) is 15.0. The molecule has 0 bridgehead atoms. The Kier molecular flexibility index (Phi) is 11.5. The summed E-state index contributed by atoms with van der Waals surface area (Å²) < 4.78 is 47.1. The number of pyridine rings is 1. The fourth-order valence-electron chi connectivity index (χ4n) is 7.81. The quantitative estimate of drug-likeness (QED) is 0.241. The summed E-state index contributed by atoms with van der Waals surface area (Å²) in [5.41, 5.74) is 0.980. The Balaban J connectivity index is 1.17. The van der Waals surface area contributed by atoms with E-state index in [1.165, 1.54) is 64.6 Å². The Morgan fingerprint density at radius 2 is 1.49 bits per heavy atom. The van der Waals surface area contributed by atoms with E-state index < -0.39 is 26.6 Å². The van der Waals surface area contributed by atoms with Crippen molar-refractivity contribution in [3.8, 4) is 5.75 Å². The minimum atomic E-state index is -3.92. The fourth-order valence-corrected chi connectivity index (χ4v) is 9.79. The number of nitrogens with zero attached hydrogens (tertiary/aromatic N) is 5. The Morgan fingerprint density at radius 1 is 0.878 bits per heavy atom. The summed E-state index contributed by atoms with van der Waals surface area (Å²) in [5, 5.41) is 0.732. The lowest BCUT2D eigenvalue weighted by Crippen LogP contribution is -2.55. The number of hydrogen-bond donors (Lipinski definition) is 0. The Morgan fingerprint density at radius 3 is 2.08 bits per heavy atom. The molecule has 268 valence electrons. The first-order valence-corrected chi connectivity index (χ1v) is 21.2. The molecule has 1 aromatic heterocycles. The highest BCUT2D eigenvalue weighted by Crippen LogP contribution is 2.39. The fraction of sp³-hybridized carbons (Fsp3) is 0.605. The first-order valence-electron chi connectivity index (χ1n) is 18.2. The van der Waals surface area contributed by atoms with E-state index in [0.29, 0.717) is 33.9 Å². The molecule has 1 atom stereocenters. The average Bonchev–Trinajstić information content (AvgIpc) is 3.10. The van der Waals surface area contributed by atoms with Crippen LogP contribution in [0.15, 0.2) is 63.3 Å². The van der Waals surface area contributed by atoms with Crippen molar-refractivity contribution in [1.29, 1.82) is 0 Å². The molecule has 4 heterocycles. The third-order valence-corrected chi connectivity index (χ3v) is 13.2. The van der Waals surface area contributed by atoms with E-state index in [-0.39, 0.29) is 9.79 Å². The number of hydrogen-bond acceptors (Lipinski definition) is 9. The molecule has 3 saturated heterocycles. The van der Waals surface area contributed by atoms with E-state index in [0.717, 1.165) is 44.4 Å². The van der Waals surface area contributed by atoms with E-state index in [1.54, 1.807) is 30.5 Å². The van der Waals surface area contributed by atoms with Crippen LogP contribution in [-0.2, 0) is 21.0 Å². The summed E-state index contributed by atoms with van der Waals surface area (Å²) in [7, 11) is -3.92. The van der Waals surface area contributed by atoms with Crippen LogP contribution in [0.2, 0.25) is 0 Å². The van der Waals surface area contributed by atoms with Crippen LogP contribution < -0.4 is 9.64 Å². The van der Waals surface area contributed by atoms with Gasteiger partial charge in [-0.15, -0.1) is 0 Å². The van der Waals surface area contributed by atoms with Gasteiger partial charge in [-0.05, 0) is 120 Å². The topological polar surface area (TPSA) is 92.3 Å². The van der Waals surface area contributed by atoms with E-state index in [2.05, 4.69) is 31.5 Å². The van der Waals surface area contributed by atoms with Crippen LogP contribution in [0.4, 0.5) is 5.69 Å². The van der Waals surface area contributed by atoms with Gasteiger partial charge in [-0.25, -0.2) is 8.42 Å². The highest BCUT2D eigenvalue weighted by Gasteiger charge is 2.34. The monoisotopic (exact) mass is 709 g/mol. The third-order valence-electron chi connectivity index (χ3n) is 10.5. The van der Waals surface area contributed by atoms with Crippen LogP contribution in [0.25, 0.3) is 10.9 Å². The molecule has 3 fully saturated rings. The number of rotatable bonds is 10. The average molecular weight is 710 g/mol. The first kappa shape index (κ1) is 36.4. The smallest absolute Gasteiger partial charge is 0.210 e. The van der Waals surface area contributed by atoms with E-state index in [9.17, 15) is 13.0 Å². The zero-order valence-corrected chi connectivity index (χ0v) is 31.7. The molecular formula is C38H55N5O4S2. The molecule has 0 radical (unpaired) electrons. The maximum Gasteiger partial charge on any atom is 0.210 e. The van der Waals surface area contributed by atoms with Crippen LogP contribution in [0.3, 0.4) is 0 Å². The number of sulfone groups is 1. The Bertz CT molecular complexity index is 1650. The molecule has 2 aromatic carbocycles. The highest BCUT2D eigenvalue weighted by atomic mass is 32.2. The Hall–Kier alpha value is -2.41. The summed E-state index contributed by atoms with van der Waals surface area (Å²) in [6.07, 6.45) is 10.1. The zero-order chi connectivity index (χ0) is 34.8. The maximum absolute atomic E-state index is 14.3. The molecule has 3 aromatic rings. The lowest BCUT2D eigenvalue weighted by molar-refractivity contribution is 0.0434. The minimum absolute atomic E-state index is 0.192. The van der Waals surface area contributed by atoms with Gasteiger partial charge < -0.3 is 24.0 Å². The van der Waals surface area contributed by atoms with Crippen LogP contribution in [0.1, 0.15) is 66.2 Å². The number of ether oxygens (including phenoxy) is 1. The number of aromatic nitrogens is 1. The number of fused-ring (bicyclic) bond motifs is 1. The van der Waals surface area contributed by atoms with Crippen molar-refractivity contribution in [2.24, 2.45) is 0 Å². The predicted octanol–water partition coefficient (Wildman–Crippen LogP) is 5.83. The van der Waals surface area contributed by atoms with Gasteiger partial charge in [-0.3, -0.25) is 9.88 Å². The van der Waals surface area contributed by atoms with Gasteiger partial charge in [0.05, 0.1) is 16.1 Å². The molecule has 3 aliphatic rings. The summed E-state index contributed by atoms with van der Waals surface area (Å²) in [4.78, 5) is 15.9. The normalized spacial score (nSPS) is 20.6. The second-order valence-corrected chi connectivity index (χ2v) is 18.3. The molecule has 0 amide bonds. The van der Waals surface area contributed by atoms with Crippen molar-refractivity contribution in [3.05, 3.63) is 48.7 Å². The second kappa shape index (κ2) is 15.5. The van der Waals surface area contributed by atoms with Gasteiger partial charge in [0.2, 0.25) is 9.84 Å². The predicted molar refractivity (Wildman–Crippen MR) is 199 cm³/mol. The SMILES string of the molecule is CCCCN1CCN(C2CCN(C3CCN(c4c(S(=O)(=O)c5ccc(OC(C)(C)C)cc5)cnc5ccc([S+](C)[O-])cc45)CC3)CC2)CC1. The summed E-state index contributed by atoms with van der Waals surface area (Å²) in [6, 6.07) is 13.4. The van der Waals surface area contributed by atoms with Gasteiger partial charge in [0.15, 0.2) is 4.90 Å². The van der Waals surface area contributed by atoms with Crippen molar-refractivity contribution >= 4 is 37.6 Å². The van der Waals surface area contributed by atoms with Gasteiger partial charge >= 0.3 is 0 Å². The third kappa shape index (κ3) is 8.56. The van der Waals surface area contributed by atoms with Gasteiger partial charge in [0.1, 0.15) is 22.5 Å². The van der Waals surface area contributed by atoms with Crippen LogP contribution in [-0.4, -0.2) is 115 Å². The van der Waals surface area contributed by atoms with E-state index in [4.69, 9.17) is 4.74 Å². The molecule has 49 heavy (non-hydrogen) atoms. The number of piperidine rings is 2. The number of anilines is 1. The molecule has 6 rings (SSSR count). The lowest BCUT2D eigenvalue weighted by Gasteiger charge is -2.46. The van der Waals surface area contributed by atoms with Crippen molar-refractivity contribution in [2.45, 2.75) is 98.6 Å². The Labute approximate surface area is 297 Å². The molecular weight excluding hydrogens is 655 g/mol. The number of likely N-dealkylation sites (tertiary alicyclic amines) is 1. The molecule has 9 nitrogen and oxygen atoms in total. The number of benzene rings is 2. The zero-order valence-electron chi connectivity index (χ0n) is 30.1. The summed E-state index contributed by atoms with van der Waals surface area (Å²) in [5.74, 6) is 0.620. The molecule has 0 N–H and O–H groups in total. The van der Waals surface area contributed by atoms with Gasteiger partial charge in [-0.1, -0.05) is 13.3 Å². The van der Waals surface area contributed by atoms with Crippen molar-refractivity contribution in [1.82, 2.24) is 19.7 Å². The highest BCUT2D eigenvalue weighted by molar-refractivity contribution is 7.91.